The highest BCUT2D eigenvalue weighted by atomic mass is 16.8. The van der Waals surface area contributed by atoms with Crippen molar-refractivity contribution in [3.05, 3.63) is 0 Å². The molecule has 6 fully saturated rings. The molecule has 0 aromatic rings. The molecule has 0 spiro atoms. The SMILES string of the molecule is COC[C@H]1O[C@@H](O[C@@H]2O[C@@H]3C[C@H]4[C@@H]5O[C@@H]5[C@@](OC)(CO3)[C@@H]24)[C@H](OC)[C@@H](OC)[C@@H]1OC. The van der Waals surface area contributed by atoms with Crippen molar-refractivity contribution in [2.45, 2.75) is 67.5 Å². The van der Waals surface area contributed by atoms with Gasteiger partial charge in [-0.25, -0.2) is 0 Å². The van der Waals surface area contributed by atoms with Gasteiger partial charge in [0.1, 0.15) is 36.1 Å². The van der Waals surface area contributed by atoms with Gasteiger partial charge in [-0.05, 0) is 0 Å². The lowest BCUT2D eigenvalue weighted by atomic mass is 9.81. The Balaban J connectivity index is 1.40. The quantitative estimate of drug-likeness (QED) is 0.485. The summed E-state index contributed by atoms with van der Waals surface area (Å²) in [5, 5.41) is 0. The molecule has 0 aromatic carbocycles. The molecule has 0 unspecified atom stereocenters. The van der Waals surface area contributed by atoms with Gasteiger partial charge in [-0.2, -0.15) is 0 Å². The van der Waals surface area contributed by atoms with Crippen LogP contribution in [0.2, 0.25) is 0 Å². The molecule has 10 heteroatoms. The lowest BCUT2D eigenvalue weighted by Crippen LogP contribution is -2.63. The first-order chi connectivity index (χ1) is 14.6. The molecule has 5 saturated heterocycles. The molecular formula is C20H32O10. The van der Waals surface area contributed by atoms with Gasteiger partial charge in [0, 0.05) is 53.8 Å². The fourth-order valence-corrected chi connectivity index (χ4v) is 5.98. The minimum absolute atomic E-state index is 0.0163. The molecule has 0 N–H and O–H groups in total. The lowest BCUT2D eigenvalue weighted by Gasteiger charge is -2.47. The van der Waals surface area contributed by atoms with E-state index in [0.717, 1.165) is 6.42 Å². The zero-order valence-corrected chi connectivity index (χ0v) is 18.1. The average molecular weight is 432 g/mol. The van der Waals surface area contributed by atoms with Crippen LogP contribution >= 0.6 is 0 Å². The van der Waals surface area contributed by atoms with Crippen LogP contribution in [0.4, 0.5) is 0 Å². The summed E-state index contributed by atoms with van der Waals surface area (Å²) in [6.07, 6.45) is -2.37. The highest BCUT2D eigenvalue weighted by molar-refractivity contribution is 5.21. The first-order valence-electron chi connectivity index (χ1n) is 10.5. The van der Waals surface area contributed by atoms with Crippen molar-refractivity contribution >= 4 is 0 Å². The van der Waals surface area contributed by atoms with Gasteiger partial charge in [0.15, 0.2) is 18.9 Å². The van der Waals surface area contributed by atoms with Gasteiger partial charge >= 0.3 is 0 Å². The van der Waals surface area contributed by atoms with E-state index in [0.29, 0.717) is 13.2 Å². The maximum absolute atomic E-state index is 6.45. The van der Waals surface area contributed by atoms with E-state index in [1.807, 2.05) is 0 Å². The van der Waals surface area contributed by atoms with Crippen LogP contribution in [-0.2, 0) is 47.4 Å². The van der Waals surface area contributed by atoms with E-state index in [9.17, 15) is 0 Å². The molecule has 5 aliphatic heterocycles. The predicted molar refractivity (Wildman–Crippen MR) is 98.6 cm³/mol. The summed E-state index contributed by atoms with van der Waals surface area (Å²) in [6, 6.07) is 0. The highest BCUT2D eigenvalue weighted by Crippen LogP contribution is 2.62. The van der Waals surface area contributed by atoms with E-state index >= 15 is 0 Å². The third-order valence-corrected chi connectivity index (χ3v) is 7.38. The van der Waals surface area contributed by atoms with E-state index in [2.05, 4.69) is 0 Å². The number of hydrogen-bond acceptors (Lipinski definition) is 10. The number of fused-ring (bicyclic) bond motifs is 3. The first kappa shape index (κ1) is 21.4. The number of hydrogen-bond donors (Lipinski definition) is 0. The Morgan fingerprint density at radius 2 is 1.63 bits per heavy atom. The largest absolute Gasteiger partial charge is 0.382 e. The van der Waals surface area contributed by atoms with Gasteiger partial charge in [-0.15, -0.1) is 0 Å². The topological polar surface area (TPSA) is 95.6 Å². The van der Waals surface area contributed by atoms with Crippen LogP contribution < -0.4 is 0 Å². The van der Waals surface area contributed by atoms with Gasteiger partial charge in [0.25, 0.3) is 0 Å². The Morgan fingerprint density at radius 3 is 2.30 bits per heavy atom. The number of epoxide rings is 1. The fraction of sp³-hybridized carbons (Fsp3) is 1.00. The van der Waals surface area contributed by atoms with E-state index in [-0.39, 0.29) is 42.5 Å². The predicted octanol–water partition coefficient (Wildman–Crippen LogP) is -0.0794. The van der Waals surface area contributed by atoms with Gasteiger partial charge in [-0.1, -0.05) is 0 Å². The first-order valence-corrected chi connectivity index (χ1v) is 10.5. The maximum atomic E-state index is 6.45. The molecule has 12 atom stereocenters. The Morgan fingerprint density at radius 1 is 0.867 bits per heavy atom. The monoisotopic (exact) mass is 432 g/mol. The van der Waals surface area contributed by atoms with Crippen LogP contribution in [-0.4, -0.2) is 110 Å². The molecule has 1 saturated carbocycles. The van der Waals surface area contributed by atoms with Crippen LogP contribution in [0.25, 0.3) is 0 Å². The highest BCUT2D eigenvalue weighted by Gasteiger charge is 2.76. The zero-order valence-electron chi connectivity index (χ0n) is 18.1. The van der Waals surface area contributed by atoms with E-state index in [4.69, 9.17) is 47.4 Å². The van der Waals surface area contributed by atoms with Gasteiger partial charge < -0.3 is 47.4 Å². The van der Waals surface area contributed by atoms with E-state index < -0.39 is 30.4 Å². The minimum atomic E-state index is -0.735. The molecule has 0 amide bonds. The van der Waals surface area contributed by atoms with Crippen molar-refractivity contribution in [1.29, 1.82) is 0 Å². The average Bonchev–Trinajstić information content (AvgIpc) is 3.53. The third kappa shape index (κ3) is 3.08. The van der Waals surface area contributed by atoms with Gasteiger partial charge in [-0.3, -0.25) is 0 Å². The van der Waals surface area contributed by atoms with E-state index in [1.165, 1.54) is 0 Å². The molecule has 1 aliphatic carbocycles. The van der Waals surface area contributed by atoms with Crippen molar-refractivity contribution < 1.29 is 47.4 Å². The molecule has 6 rings (SSSR count). The number of methoxy groups -OCH3 is 5. The fourth-order valence-electron chi connectivity index (χ4n) is 5.98. The summed E-state index contributed by atoms with van der Waals surface area (Å²) in [5.74, 6) is 0.235. The summed E-state index contributed by atoms with van der Waals surface area (Å²) in [6.45, 7) is 0.756. The summed E-state index contributed by atoms with van der Waals surface area (Å²) < 4.78 is 59.2. The minimum Gasteiger partial charge on any atom is -0.382 e. The molecule has 172 valence electrons. The van der Waals surface area contributed by atoms with Crippen molar-refractivity contribution in [3.8, 4) is 0 Å². The smallest absolute Gasteiger partial charge is 0.189 e. The van der Waals surface area contributed by atoms with Gasteiger partial charge in [0.2, 0.25) is 0 Å². The van der Waals surface area contributed by atoms with Crippen LogP contribution in [0.5, 0.6) is 0 Å². The Labute approximate surface area is 176 Å². The maximum Gasteiger partial charge on any atom is 0.189 e. The van der Waals surface area contributed by atoms with Crippen LogP contribution in [0.3, 0.4) is 0 Å². The Hall–Kier alpha value is -0.400. The molecule has 4 bridgehead atoms. The molecule has 10 nitrogen and oxygen atoms in total. The second-order valence-corrected chi connectivity index (χ2v) is 8.59. The zero-order chi connectivity index (χ0) is 21.0. The van der Waals surface area contributed by atoms with E-state index in [1.54, 1.807) is 35.5 Å². The molecule has 0 aromatic heterocycles. The molecule has 6 aliphatic rings. The Bertz CT molecular complexity index is 620. The lowest BCUT2D eigenvalue weighted by molar-refractivity contribution is -0.376. The van der Waals surface area contributed by atoms with Crippen LogP contribution in [0.15, 0.2) is 0 Å². The number of rotatable bonds is 8. The van der Waals surface area contributed by atoms with Crippen molar-refractivity contribution in [2.75, 3.05) is 48.8 Å². The van der Waals surface area contributed by atoms with Crippen LogP contribution in [0, 0.1) is 11.8 Å². The summed E-state index contributed by atoms with van der Waals surface area (Å²) in [5.41, 5.74) is -0.579. The Kier molecular flexibility index (Phi) is 5.85. The molecule has 30 heavy (non-hydrogen) atoms. The summed E-state index contributed by atoms with van der Waals surface area (Å²) in [7, 11) is 8.17. The number of ether oxygens (including phenoxy) is 10. The van der Waals surface area contributed by atoms with Crippen molar-refractivity contribution in [2.24, 2.45) is 11.8 Å². The molecule has 0 radical (unpaired) electrons. The standard InChI is InChI=1S/C20H32O10/c1-21-7-10-14(22-2)15(23-3)16(24-4)19(27-10)30-18-12-9-6-11(28-18)26-8-20(12,25-5)17-13(9)29-17/h9-19H,6-8H2,1-5H3/t9-,10-,11-,12-,13+,14-,15+,16-,17+,18+,19+,20-/m1/s1. The second-order valence-electron chi connectivity index (χ2n) is 8.59. The van der Waals surface area contributed by atoms with Crippen molar-refractivity contribution in [1.82, 2.24) is 0 Å². The summed E-state index contributed by atoms with van der Waals surface area (Å²) in [4.78, 5) is 0. The molecule has 5 heterocycles. The molecular weight excluding hydrogens is 400 g/mol. The van der Waals surface area contributed by atoms with Gasteiger partial charge in [0.05, 0.1) is 19.3 Å². The summed E-state index contributed by atoms with van der Waals surface area (Å²) >= 11 is 0. The normalized spacial score (nSPS) is 54.1. The van der Waals surface area contributed by atoms with Crippen molar-refractivity contribution in [3.63, 3.8) is 0 Å². The van der Waals surface area contributed by atoms with Crippen LogP contribution in [0.1, 0.15) is 6.42 Å². The second kappa shape index (κ2) is 8.18. The third-order valence-electron chi connectivity index (χ3n) is 7.38.